The lowest BCUT2D eigenvalue weighted by Crippen LogP contribution is -1.86. The van der Waals surface area contributed by atoms with Crippen LogP contribution in [0.3, 0.4) is 0 Å². The second-order valence-corrected chi connectivity index (χ2v) is 3.02. The summed E-state index contributed by atoms with van der Waals surface area (Å²) in [6.45, 7) is 22.6. The third-order valence-electron chi connectivity index (χ3n) is 2.11. The van der Waals surface area contributed by atoms with Crippen LogP contribution < -0.4 is 0 Å². The van der Waals surface area contributed by atoms with Crippen molar-refractivity contribution in [2.24, 2.45) is 0 Å². The summed E-state index contributed by atoms with van der Waals surface area (Å²) in [7, 11) is 0. The fraction of sp³-hybridized carbons (Fsp3) is 0.500. The summed E-state index contributed by atoms with van der Waals surface area (Å²) < 4.78 is 0. The highest BCUT2D eigenvalue weighted by atomic mass is 14.0. The highest BCUT2D eigenvalue weighted by Gasteiger charge is 1.95. The number of benzene rings is 1. The van der Waals surface area contributed by atoms with Crippen LogP contribution >= 0.6 is 0 Å². The molecule has 0 aliphatic rings. The molecule has 0 aliphatic carbocycles. The summed E-state index contributed by atoms with van der Waals surface area (Å²) in [6.07, 6.45) is 0. The van der Waals surface area contributed by atoms with Gasteiger partial charge >= 0.3 is 0 Å². The number of hydrogen-bond donors (Lipinski definition) is 0. The predicted molar refractivity (Wildman–Crippen MR) is 79.3 cm³/mol. The topological polar surface area (TPSA) is 0 Å². The molecular weight excluding hydrogens is 192 g/mol. The molecule has 0 amide bonds. The second kappa shape index (κ2) is 14.0. The van der Waals surface area contributed by atoms with Crippen LogP contribution in [0.25, 0.3) is 0 Å². The maximum Gasteiger partial charge on any atom is -0.0395 e. The van der Waals surface area contributed by atoms with E-state index in [0.29, 0.717) is 0 Å². The van der Waals surface area contributed by atoms with Crippen molar-refractivity contribution in [3.05, 3.63) is 47.5 Å². The molecule has 1 aromatic rings. The zero-order chi connectivity index (χ0) is 13.7. The quantitative estimate of drug-likeness (QED) is 0.488. The number of aryl methyl sites for hydroxylation is 4. The van der Waals surface area contributed by atoms with Gasteiger partial charge in [0.15, 0.2) is 0 Å². The molecule has 1 rings (SSSR count). The lowest BCUT2D eigenvalue weighted by Gasteiger charge is -2.04. The summed E-state index contributed by atoms with van der Waals surface area (Å²) in [6, 6.07) is 4.48. The zero-order valence-corrected chi connectivity index (χ0v) is 12.6. The summed E-state index contributed by atoms with van der Waals surface area (Å²) in [5, 5.41) is 0. The van der Waals surface area contributed by atoms with Gasteiger partial charge in [0.25, 0.3) is 0 Å². The first kappa shape index (κ1) is 20.4. The lowest BCUT2D eigenvalue weighted by molar-refractivity contribution is 1.24. The van der Waals surface area contributed by atoms with Crippen LogP contribution in [0.2, 0.25) is 0 Å². The van der Waals surface area contributed by atoms with Crippen LogP contribution in [-0.2, 0) is 0 Å². The summed E-state index contributed by atoms with van der Waals surface area (Å²) in [4.78, 5) is 0. The van der Waals surface area contributed by atoms with Gasteiger partial charge in [-0.05, 0) is 49.9 Å². The molecule has 0 heteroatoms. The van der Waals surface area contributed by atoms with E-state index in [0.717, 1.165) is 0 Å². The van der Waals surface area contributed by atoms with E-state index in [4.69, 9.17) is 0 Å². The third kappa shape index (κ3) is 8.28. The zero-order valence-electron chi connectivity index (χ0n) is 12.6. The van der Waals surface area contributed by atoms with Gasteiger partial charge in [0, 0.05) is 0 Å². The van der Waals surface area contributed by atoms with E-state index >= 15 is 0 Å². The fourth-order valence-corrected chi connectivity index (χ4v) is 1.10. The Hall–Kier alpha value is -1.04. The van der Waals surface area contributed by atoms with Crippen molar-refractivity contribution < 1.29 is 0 Å². The Morgan fingerprint density at radius 1 is 0.562 bits per heavy atom. The molecule has 0 bridgehead atoms. The van der Waals surface area contributed by atoms with Gasteiger partial charge in [-0.1, -0.05) is 39.8 Å². The third-order valence-corrected chi connectivity index (χ3v) is 2.11. The largest absolute Gasteiger partial charge is 0.106 e. The first-order valence-electron chi connectivity index (χ1n) is 6.15. The Bertz CT molecular complexity index is 209. The van der Waals surface area contributed by atoms with Crippen molar-refractivity contribution in [2.75, 3.05) is 0 Å². The molecule has 0 fully saturated rings. The SMILES string of the molecule is C=C.CC.CC.Cc1cc(C)c(C)cc1C. The molecule has 0 nitrogen and oxygen atoms in total. The summed E-state index contributed by atoms with van der Waals surface area (Å²) in [5.74, 6) is 0. The van der Waals surface area contributed by atoms with Gasteiger partial charge in [0.2, 0.25) is 0 Å². The molecule has 0 unspecified atom stereocenters. The average Bonchev–Trinajstić information content (AvgIpc) is 2.34. The average molecular weight is 222 g/mol. The van der Waals surface area contributed by atoms with E-state index in [1.807, 2.05) is 27.7 Å². The van der Waals surface area contributed by atoms with E-state index in [9.17, 15) is 0 Å². The molecule has 16 heavy (non-hydrogen) atoms. The first-order valence-corrected chi connectivity index (χ1v) is 6.15. The Morgan fingerprint density at radius 2 is 0.688 bits per heavy atom. The van der Waals surface area contributed by atoms with Crippen molar-refractivity contribution in [1.82, 2.24) is 0 Å². The van der Waals surface area contributed by atoms with Crippen LogP contribution in [-0.4, -0.2) is 0 Å². The van der Waals surface area contributed by atoms with Gasteiger partial charge < -0.3 is 0 Å². The Labute approximate surface area is 103 Å². The van der Waals surface area contributed by atoms with Crippen molar-refractivity contribution in [3.63, 3.8) is 0 Å². The monoisotopic (exact) mass is 222 g/mol. The Balaban J connectivity index is -0.000000245. The second-order valence-electron chi connectivity index (χ2n) is 3.02. The van der Waals surface area contributed by atoms with E-state index in [1.54, 1.807) is 0 Å². The minimum atomic E-state index is 1.39. The smallest absolute Gasteiger partial charge is 0.0395 e. The van der Waals surface area contributed by atoms with Gasteiger partial charge in [0.1, 0.15) is 0 Å². The maximum absolute atomic E-state index is 3.00. The Morgan fingerprint density at radius 3 is 0.812 bits per heavy atom. The standard InChI is InChI=1S/C10H14.2C2H6.C2H4/c1-7-5-9(3)10(4)6-8(7)2;3*1-2/h5-6H,1-4H3;2*1-2H3;1-2H2. The lowest BCUT2D eigenvalue weighted by atomic mass is 10.0. The van der Waals surface area contributed by atoms with Crippen LogP contribution in [0.4, 0.5) is 0 Å². The maximum atomic E-state index is 3.00. The van der Waals surface area contributed by atoms with Crippen LogP contribution in [0, 0.1) is 27.7 Å². The molecule has 94 valence electrons. The Kier molecular flexibility index (Phi) is 17.8. The van der Waals surface area contributed by atoms with Crippen molar-refractivity contribution >= 4 is 0 Å². The van der Waals surface area contributed by atoms with Crippen LogP contribution in [0.15, 0.2) is 25.3 Å². The van der Waals surface area contributed by atoms with E-state index in [2.05, 4.69) is 53.0 Å². The van der Waals surface area contributed by atoms with Crippen LogP contribution in [0.5, 0.6) is 0 Å². The van der Waals surface area contributed by atoms with Gasteiger partial charge in [-0.15, -0.1) is 13.2 Å². The van der Waals surface area contributed by atoms with Gasteiger partial charge in [0.05, 0.1) is 0 Å². The molecule has 0 radical (unpaired) electrons. The number of rotatable bonds is 0. The summed E-state index contributed by atoms with van der Waals surface area (Å²) in [5.41, 5.74) is 5.57. The minimum absolute atomic E-state index is 1.39. The highest BCUT2D eigenvalue weighted by molar-refractivity contribution is 5.35. The van der Waals surface area contributed by atoms with E-state index < -0.39 is 0 Å². The molecule has 1 aromatic carbocycles. The molecule has 0 spiro atoms. The van der Waals surface area contributed by atoms with E-state index in [-0.39, 0.29) is 0 Å². The highest BCUT2D eigenvalue weighted by Crippen LogP contribution is 2.13. The molecule has 0 saturated heterocycles. The normalized spacial score (nSPS) is 7.25. The predicted octanol–water partition coefficient (Wildman–Crippen LogP) is 5.77. The van der Waals surface area contributed by atoms with Gasteiger partial charge in [-0.2, -0.15) is 0 Å². The van der Waals surface area contributed by atoms with Gasteiger partial charge in [-0.25, -0.2) is 0 Å². The number of hydrogen-bond acceptors (Lipinski definition) is 0. The first-order chi connectivity index (χ1) is 7.61. The molecule has 0 N–H and O–H groups in total. The molecule has 0 aromatic heterocycles. The fourth-order valence-electron chi connectivity index (χ4n) is 1.10. The van der Waals surface area contributed by atoms with E-state index in [1.165, 1.54) is 22.3 Å². The molecule has 0 atom stereocenters. The molecule has 0 aliphatic heterocycles. The molecule has 0 saturated carbocycles. The van der Waals surface area contributed by atoms with Crippen molar-refractivity contribution in [1.29, 1.82) is 0 Å². The van der Waals surface area contributed by atoms with Crippen LogP contribution in [0.1, 0.15) is 49.9 Å². The molecular formula is C16H30. The molecule has 0 heterocycles. The van der Waals surface area contributed by atoms with Crippen molar-refractivity contribution in [3.8, 4) is 0 Å². The summed E-state index contributed by atoms with van der Waals surface area (Å²) >= 11 is 0. The van der Waals surface area contributed by atoms with Crippen molar-refractivity contribution in [2.45, 2.75) is 55.4 Å². The minimum Gasteiger partial charge on any atom is -0.106 e. The van der Waals surface area contributed by atoms with Gasteiger partial charge in [-0.3, -0.25) is 0 Å².